The molecule has 10 nitrogen and oxygen atoms in total. The summed E-state index contributed by atoms with van der Waals surface area (Å²) in [7, 11) is -0.620. The molecule has 1 aromatic carbocycles. The van der Waals surface area contributed by atoms with Crippen LogP contribution in [0.4, 0.5) is 5.69 Å². The third-order valence-electron chi connectivity index (χ3n) is 6.84. The van der Waals surface area contributed by atoms with E-state index in [0.717, 1.165) is 55.4 Å². The molecule has 34 heavy (non-hydrogen) atoms. The zero-order chi connectivity index (χ0) is 24.3. The van der Waals surface area contributed by atoms with Crippen LogP contribution in [0.3, 0.4) is 0 Å². The van der Waals surface area contributed by atoms with Crippen molar-refractivity contribution in [2.45, 2.75) is 38.6 Å². The number of rotatable bonds is 11. The minimum atomic E-state index is -3.86. The van der Waals surface area contributed by atoms with Gasteiger partial charge in [0, 0.05) is 49.0 Å². The summed E-state index contributed by atoms with van der Waals surface area (Å²) < 4.78 is 37.4. The van der Waals surface area contributed by atoms with Crippen LogP contribution in [-0.4, -0.2) is 64.1 Å². The minimum Gasteiger partial charge on any atom is -0.493 e. The molecule has 0 bridgehead atoms. The molecule has 1 aromatic heterocycles. The minimum absolute atomic E-state index is 0.0227. The Balaban J connectivity index is 1.44. The molecule has 0 spiro atoms. The fourth-order valence-corrected chi connectivity index (χ4v) is 6.10. The standard InChI is InChI=1S/C23H32N4O6S/c1-16(14-27(18-4-5-18)34(29,30)25-33-15-28)17-7-10-26(11-8-17)21-6-9-24-20-13-23(32-3)22(31-2)12-19(20)21/h6,9,12-13,15-18,25H,4-5,7-8,10-11,14H2,1-3H3. The van der Waals surface area contributed by atoms with Gasteiger partial charge in [0.15, 0.2) is 11.5 Å². The number of fused-ring (bicyclic) bond motifs is 1. The molecular formula is C23H32N4O6S. The number of ether oxygens (including phenoxy) is 2. The van der Waals surface area contributed by atoms with Gasteiger partial charge in [0.2, 0.25) is 0 Å². The Kier molecular flexibility index (Phi) is 7.44. The average Bonchev–Trinajstić information content (AvgIpc) is 3.69. The largest absolute Gasteiger partial charge is 0.493 e. The number of carbonyl (C=O) groups excluding carboxylic acids is 1. The van der Waals surface area contributed by atoms with Gasteiger partial charge >= 0.3 is 16.7 Å². The number of methoxy groups -OCH3 is 2. The van der Waals surface area contributed by atoms with Gasteiger partial charge in [-0.15, -0.1) is 0 Å². The number of piperidine rings is 1. The number of anilines is 1. The monoisotopic (exact) mass is 492 g/mol. The molecule has 0 radical (unpaired) electrons. The Morgan fingerprint density at radius 1 is 1.18 bits per heavy atom. The van der Waals surface area contributed by atoms with Crippen LogP contribution in [0.2, 0.25) is 0 Å². The first-order valence-corrected chi connectivity index (χ1v) is 13.0. The Morgan fingerprint density at radius 2 is 1.85 bits per heavy atom. The maximum Gasteiger partial charge on any atom is 0.314 e. The molecule has 1 N–H and O–H groups in total. The molecular weight excluding hydrogens is 460 g/mol. The van der Waals surface area contributed by atoms with Crippen molar-refractivity contribution in [3.63, 3.8) is 0 Å². The second kappa shape index (κ2) is 10.3. The van der Waals surface area contributed by atoms with Crippen molar-refractivity contribution in [3.8, 4) is 11.5 Å². The summed E-state index contributed by atoms with van der Waals surface area (Å²) in [4.78, 5) is 23.5. The molecule has 186 valence electrons. The molecule has 2 heterocycles. The molecule has 1 aliphatic heterocycles. The number of nitrogens with one attached hydrogen (secondary N) is 1. The van der Waals surface area contributed by atoms with Gasteiger partial charge in [-0.2, -0.15) is 12.7 Å². The van der Waals surface area contributed by atoms with Gasteiger partial charge in [-0.05, 0) is 54.5 Å². The second-order valence-electron chi connectivity index (χ2n) is 8.96. The summed E-state index contributed by atoms with van der Waals surface area (Å²) in [5.41, 5.74) is 1.95. The smallest absolute Gasteiger partial charge is 0.314 e. The maximum absolute atomic E-state index is 12.5. The number of nitrogens with zero attached hydrogens (tertiary/aromatic N) is 3. The van der Waals surface area contributed by atoms with E-state index < -0.39 is 10.2 Å². The SMILES string of the molecule is COc1cc2nccc(N3CCC(C(C)CN(C4CC4)S(=O)(=O)NOC=O)CC3)c2cc1OC. The summed E-state index contributed by atoms with van der Waals surface area (Å²) in [5, 5.41) is 1.01. The van der Waals surface area contributed by atoms with E-state index in [9.17, 15) is 13.2 Å². The Labute approximate surface area is 200 Å². The summed E-state index contributed by atoms with van der Waals surface area (Å²) in [5.74, 6) is 1.88. The Bertz CT molecular complexity index is 1120. The van der Waals surface area contributed by atoms with Gasteiger partial charge in [0.25, 0.3) is 0 Å². The average molecular weight is 493 g/mol. The molecule has 11 heteroatoms. The van der Waals surface area contributed by atoms with E-state index in [1.165, 1.54) is 4.31 Å². The lowest BCUT2D eigenvalue weighted by Crippen LogP contribution is -2.46. The van der Waals surface area contributed by atoms with E-state index in [1.54, 1.807) is 14.2 Å². The lowest BCUT2D eigenvalue weighted by atomic mass is 9.85. The zero-order valence-electron chi connectivity index (χ0n) is 19.8. The van der Waals surface area contributed by atoms with Gasteiger partial charge in [-0.1, -0.05) is 6.92 Å². The van der Waals surface area contributed by atoms with Crippen molar-refractivity contribution in [2.24, 2.45) is 11.8 Å². The summed E-state index contributed by atoms with van der Waals surface area (Å²) in [6.45, 7) is 4.32. The van der Waals surface area contributed by atoms with Gasteiger partial charge in [0.1, 0.15) is 0 Å². The summed E-state index contributed by atoms with van der Waals surface area (Å²) >= 11 is 0. The predicted molar refractivity (Wildman–Crippen MR) is 128 cm³/mol. The van der Waals surface area contributed by atoms with Gasteiger partial charge in [-0.3, -0.25) is 9.78 Å². The number of carbonyl (C=O) groups is 1. The van der Waals surface area contributed by atoms with Crippen LogP contribution < -0.4 is 19.3 Å². The Hall–Kier alpha value is -2.63. The highest BCUT2D eigenvalue weighted by atomic mass is 32.2. The lowest BCUT2D eigenvalue weighted by molar-refractivity contribution is -0.131. The fourth-order valence-electron chi connectivity index (χ4n) is 4.81. The number of hydrogen-bond acceptors (Lipinski definition) is 8. The molecule has 2 fully saturated rings. The first kappa shape index (κ1) is 24.5. The highest BCUT2D eigenvalue weighted by Gasteiger charge is 2.39. The van der Waals surface area contributed by atoms with E-state index in [1.807, 2.05) is 29.3 Å². The third-order valence-corrected chi connectivity index (χ3v) is 8.21. The van der Waals surface area contributed by atoms with E-state index in [0.29, 0.717) is 24.0 Å². The van der Waals surface area contributed by atoms with Crippen LogP contribution in [-0.2, 0) is 19.8 Å². The van der Waals surface area contributed by atoms with Crippen LogP contribution in [0.5, 0.6) is 11.5 Å². The van der Waals surface area contributed by atoms with Crippen LogP contribution in [0.15, 0.2) is 24.4 Å². The highest BCUT2D eigenvalue weighted by Crippen LogP contribution is 2.38. The van der Waals surface area contributed by atoms with Crippen molar-refractivity contribution < 1.29 is 27.5 Å². The van der Waals surface area contributed by atoms with E-state index >= 15 is 0 Å². The first-order valence-electron chi connectivity index (χ1n) is 11.5. The molecule has 2 aliphatic rings. The molecule has 2 aromatic rings. The number of hydrogen-bond donors (Lipinski definition) is 1. The number of aromatic nitrogens is 1. The predicted octanol–water partition coefficient (Wildman–Crippen LogP) is 2.49. The van der Waals surface area contributed by atoms with Crippen LogP contribution >= 0.6 is 0 Å². The van der Waals surface area contributed by atoms with Crippen molar-refractivity contribution in [1.82, 2.24) is 14.2 Å². The first-order chi connectivity index (χ1) is 16.4. The molecule has 1 unspecified atom stereocenters. The van der Waals surface area contributed by atoms with Gasteiger partial charge in [0.05, 0.1) is 19.7 Å². The zero-order valence-corrected chi connectivity index (χ0v) is 20.6. The van der Waals surface area contributed by atoms with Crippen molar-refractivity contribution in [2.75, 3.05) is 38.8 Å². The molecule has 0 amide bonds. The van der Waals surface area contributed by atoms with E-state index in [2.05, 4.69) is 21.6 Å². The number of benzene rings is 1. The van der Waals surface area contributed by atoms with E-state index in [4.69, 9.17) is 9.47 Å². The van der Waals surface area contributed by atoms with E-state index in [-0.39, 0.29) is 18.4 Å². The van der Waals surface area contributed by atoms with Crippen LogP contribution in [0.1, 0.15) is 32.6 Å². The molecule has 4 rings (SSSR count). The third kappa shape index (κ3) is 5.21. The maximum atomic E-state index is 12.5. The highest BCUT2D eigenvalue weighted by molar-refractivity contribution is 7.87. The van der Waals surface area contributed by atoms with Gasteiger partial charge in [-0.25, -0.2) is 0 Å². The Morgan fingerprint density at radius 3 is 2.47 bits per heavy atom. The van der Waals surface area contributed by atoms with Crippen molar-refractivity contribution in [1.29, 1.82) is 0 Å². The summed E-state index contributed by atoms with van der Waals surface area (Å²) in [6.07, 6.45) is 5.38. The quantitative estimate of drug-likeness (QED) is 0.376. The summed E-state index contributed by atoms with van der Waals surface area (Å²) in [6, 6.07) is 5.86. The molecule has 1 saturated carbocycles. The van der Waals surface area contributed by atoms with Gasteiger partial charge < -0.3 is 19.2 Å². The van der Waals surface area contributed by atoms with Crippen molar-refractivity contribution in [3.05, 3.63) is 24.4 Å². The van der Waals surface area contributed by atoms with Crippen LogP contribution in [0.25, 0.3) is 10.9 Å². The molecule has 1 aliphatic carbocycles. The second-order valence-corrected chi connectivity index (χ2v) is 10.5. The number of pyridine rings is 1. The lowest BCUT2D eigenvalue weighted by Gasteiger charge is -2.38. The van der Waals surface area contributed by atoms with Crippen molar-refractivity contribution >= 4 is 33.3 Å². The molecule has 1 saturated heterocycles. The molecule has 1 atom stereocenters. The fraction of sp³-hybridized carbons (Fsp3) is 0.565. The normalized spacial score (nSPS) is 18.2. The topological polar surface area (TPSA) is 110 Å². The van der Waals surface area contributed by atoms with Crippen LogP contribution in [0, 0.1) is 11.8 Å².